The van der Waals surface area contributed by atoms with Gasteiger partial charge in [0.1, 0.15) is 0 Å². The number of hydrogen-bond acceptors (Lipinski definition) is 2. The molecule has 0 aromatic rings. The highest BCUT2D eigenvalue weighted by Gasteiger charge is 2.28. The molecule has 2 heteroatoms. The molecule has 0 bridgehead atoms. The molecule has 1 aliphatic rings. The van der Waals surface area contributed by atoms with E-state index in [1.807, 2.05) is 0 Å². The highest BCUT2D eigenvalue weighted by atomic mass is 15.1. The van der Waals surface area contributed by atoms with E-state index in [0.29, 0.717) is 11.5 Å². The average Bonchev–Trinajstić information content (AvgIpc) is 2.42. The molecule has 0 aromatic heterocycles. The summed E-state index contributed by atoms with van der Waals surface area (Å²) in [6.07, 6.45) is 4.17. The van der Waals surface area contributed by atoms with Crippen LogP contribution in [0, 0.1) is 11.3 Å². The fourth-order valence-corrected chi connectivity index (χ4v) is 2.58. The SMILES string of the molecule is CNC(C)C(C)(C)CN1CCCC(C)CC1. The molecule has 0 aliphatic carbocycles. The number of rotatable bonds is 4. The third kappa shape index (κ3) is 4.06. The number of hydrogen-bond donors (Lipinski definition) is 1. The lowest BCUT2D eigenvalue weighted by molar-refractivity contribution is 0.148. The van der Waals surface area contributed by atoms with Gasteiger partial charge in [-0.2, -0.15) is 0 Å². The summed E-state index contributed by atoms with van der Waals surface area (Å²) in [5, 5.41) is 3.39. The zero-order valence-corrected chi connectivity index (χ0v) is 11.8. The monoisotopic (exact) mass is 226 g/mol. The van der Waals surface area contributed by atoms with Crippen molar-refractivity contribution in [2.24, 2.45) is 11.3 Å². The molecule has 1 rings (SSSR count). The minimum atomic E-state index is 0.363. The van der Waals surface area contributed by atoms with Gasteiger partial charge in [0.05, 0.1) is 0 Å². The van der Waals surface area contributed by atoms with E-state index in [2.05, 4.69) is 45.0 Å². The van der Waals surface area contributed by atoms with Crippen LogP contribution in [0.2, 0.25) is 0 Å². The Hall–Kier alpha value is -0.0800. The largest absolute Gasteiger partial charge is 0.317 e. The molecule has 0 amide bonds. The molecule has 96 valence electrons. The molecule has 0 spiro atoms. The van der Waals surface area contributed by atoms with E-state index >= 15 is 0 Å². The van der Waals surface area contributed by atoms with E-state index < -0.39 is 0 Å². The third-order valence-corrected chi connectivity index (χ3v) is 4.35. The van der Waals surface area contributed by atoms with E-state index in [9.17, 15) is 0 Å². The molecule has 2 atom stereocenters. The maximum atomic E-state index is 3.39. The van der Waals surface area contributed by atoms with Crippen LogP contribution in [0.3, 0.4) is 0 Å². The van der Waals surface area contributed by atoms with Gasteiger partial charge in [-0.15, -0.1) is 0 Å². The van der Waals surface area contributed by atoms with E-state index in [-0.39, 0.29) is 0 Å². The van der Waals surface area contributed by atoms with Crippen LogP contribution >= 0.6 is 0 Å². The molecule has 1 aliphatic heterocycles. The summed E-state index contributed by atoms with van der Waals surface area (Å²) in [5.41, 5.74) is 0.363. The second-order valence-corrected chi connectivity index (χ2v) is 6.31. The van der Waals surface area contributed by atoms with E-state index in [1.165, 1.54) is 38.9 Å². The van der Waals surface area contributed by atoms with Crippen LogP contribution in [-0.4, -0.2) is 37.6 Å². The van der Waals surface area contributed by atoms with Crippen LogP contribution < -0.4 is 5.32 Å². The third-order valence-electron chi connectivity index (χ3n) is 4.35. The van der Waals surface area contributed by atoms with Crippen LogP contribution in [0.25, 0.3) is 0 Å². The van der Waals surface area contributed by atoms with Crippen molar-refractivity contribution in [3.8, 4) is 0 Å². The molecule has 2 nitrogen and oxygen atoms in total. The van der Waals surface area contributed by atoms with Gasteiger partial charge in [0, 0.05) is 12.6 Å². The van der Waals surface area contributed by atoms with Crippen molar-refractivity contribution < 1.29 is 0 Å². The van der Waals surface area contributed by atoms with Gasteiger partial charge in [-0.1, -0.05) is 20.8 Å². The molecule has 16 heavy (non-hydrogen) atoms. The highest BCUT2D eigenvalue weighted by molar-refractivity contribution is 4.84. The Bertz CT molecular complexity index is 201. The standard InChI is InChI=1S/C14H30N2/c1-12-7-6-9-16(10-8-12)11-14(3,4)13(2)15-5/h12-13,15H,6-11H2,1-5H3. The lowest BCUT2D eigenvalue weighted by Gasteiger charge is -2.36. The van der Waals surface area contributed by atoms with Crippen LogP contribution in [0.5, 0.6) is 0 Å². The van der Waals surface area contributed by atoms with E-state index in [1.54, 1.807) is 0 Å². The smallest absolute Gasteiger partial charge is 0.00991 e. The van der Waals surface area contributed by atoms with Crippen molar-refractivity contribution >= 4 is 0 Å². The first-order valence-electron chi connectivity index (χ1n) is 6.85. The summed E-state index contributed by atoms with van der Waals surface area (Å²) in [6.45, 7) is 13.3. The quantitative estimate of drug-likeness (QED) is 0.793. The Morgan fingerprint density at radius 1 is 1.31 bits per heavy atom. The van der Waals surface area contributed by atoms with Crippen molar-refractivity contribution in [3.63, 3.8) is 0 Å². The zero-order chi connectivity index (χ0) is 12.2. The first-order chi connectivity index (χ1) is 7.45. The second-order valence-electron chi connectivity index (χ2n) is 6.31. The molecule has 1 saturated heterocycles. The molecule has 1 heterocycles. The van der Waals surface area contributed by atoms with Gasteiger partial charge in [-0.05, 0) is 57.7 Å². The Balaban J connectivity index is 2.46. The molecule has 0 radical (unpaired) electrons. The number of likely N-dealkylation sites (tertiary alicyclic amines) is 1. The van der Waals surface area contributed by atoms with Gasteiger partial charge in [0.15, 0.2) is 0 Å². The molecule has 1 N–H and O–H groups in total. The van der Waals surface area contributed by atoms with Crippen LogP contribution in [0.4, 0.5) is 0 Å². The highest BCUT2D eigenvalue weighted by Crippen LogP contribution is 2.24. The van der Waals surface area contributed by atoms with Crippen LogP contribution in [0.1, 0.15) is 47.0 Å². The first kappa shape index (κ1) is 14.0. The van der Waals surface area contributed by atoms with Crippen molar-refractivity contribution in [2.75, 3.05) is 26.7 Å². The number of nitrogens with zero attached hydrogens (tertiary/aromatic N) is 1. The van der Waals surface area contributed by atoms with Crippen molar-refractivity contribution in [1.82, 2.24) is 10.2 Å². The number of nitrogens with one attached hydrogen (secondary N) is 1. The van der Waals surface area contributed by atoms with Gasteiger partial charge in [0.25, 0.3) is 0 Å². The Kier molecular flexibility index (Phi) is 5.26. The zero-order valence-electron chi connectivity index (χ0n) is 11.8. The minimum absolute atomic E-state index is 0.363. The predicted molar refractivity (Wildman–Crippen MR) is 71.8 cm³/mol. The summed E-state index contributed by atoms with van der Waals surface area (Å²) in [7, 11) is 2.07. The van der Waals surface area contributed by atoms with Gasteiger partial charge in [0.2, 0.25) is 0 Å². The Morgan fingerprint density at radius 3 is 2.62 bits per heavy atom. The fourth-order valence-electron chi connectivity index (χ4n) is 2.58. The second kappa shape index (κ2) is 6.02. The lowest BCUT2D eigenvalue weighted by Crippen LogP contribution is -2.45. The maximum absolute atomic E-state index is 3.39. The minimum Gasteiger partial charge on any atom is -0.317 e. The van der Waals surface area contributed by atoms with Gasteiger partial charge >= 0.3 is 0 Å². The van der Waals surface area contributed by atoms with Gasteiger partial charge in [-0.3, -0.25) is 0 Å². The predicted octanol–water partition coefficient (Wildman–Crippen LogP) is 2.74. The Labute approximate surface area is 102 Å². The fraction of sp³-hybridized carbons (Fsp3) is 1.00. The molecular formula is C14H30N2. The van der Waals surface area contributed by atoms with E-state index in [4.69, 9.17) is 0 Å². The first-order valence-corrected chi connectivity index (χ1v) is 6.85. The van der Waals surface area contributed by atoms with Crippen molar-refractivity contribution in [1.29, 1.82) is 0 Å². The summed E-state index contributed by atoms with van der Waals surface area (Å²) in [4.78, 5) is 2.66. The Morgan fingerprint density at radius 2 is 2.00 bits per heavy atom. The average molecular weight is 226 g/mol. The summed E-state index contributed by atoms with van der Waals surface area (Å²) < 4.78 is 0. The van der Waals surface area contributed by atoms with Crippen molar-refractivity contribution in [2.45, 2.75) is 53.0 Å². The summed E-state index contributed by atoms with van der Waals surface area (Å²) in [6, 6.07) is 0.577. The summed E-state index contributed by atoms with van der Waals surface area (Å²) in [5.74, 6) is 0.926. The lowest BCUT2D eigenvalue weighted by atomic mass is 9.85. The molecule has 0 aromatic carbocycles. The molecule has 2 unspecified atom stereocenters. The maximum Gasteiger partial charge on any atom is 0.00991 e. The van der Waals surface area contributed by atoms with Crippen LogP contribution in [0.15, 0.2) is 0 Å². The topological polar surface area (TPSA) is 15.3 Å². The normalized spacial score (nSPS) is 26.4. The molecular weight excluding hydrogens is 196 g/mol. The van der Waals surface area contributed by atoms with E-state index in [0.717, 1.165) is 5.92 Å². The summed E-state index contributed by atoms with van der Waals surface area (Å²) >= 11 is 0. The van der Waals surface area contributed by atoms with Gasteiger partial charge in [-0.25, -0.2) is 0 Å². The van der Waals surface area contributed by atoms with Crippen molar-refractivity contribution in [3.05, 3.63) is 0 Å². The molecule has 1 fully saturated rings. The molecule has 0 saturated carbocycles. The van der Waals surface area contributed by atoms with Gasteiger partial charge < -0.3 is 10.2 Å². The van der Waals surface area contributed by atoms with Crippen LogP contribution in [-0.2, 0) is 0 Å².